The van der Waals surface area contributed by atoms with Gasteiger partial charge in [-0.15, -0.1) is 11.3 Å². The van der Waals surface area contributed by atoms with Crippen molar-refractivity contribution in [3.05, 3.63) is 40.2 Å². The molecule has 78 valence electrons. The summed E-state index contributed by atoms with van der Waals surface area (Å²) in [5.41, 5.74) is 2.40. The maximum atomic E-state index is 5.97. The first-order chi connectivity index (χ1) is 7.20. The molecule has 0 aliphatic rings. The van der Waals surface area contributed by atoms with Crippen molar-refractivity contribution >= 4 is 22.9 Å². The van der Waals surface area contributed by atoms with E-state index in [-0.39, 0.29) is 0 Å². The van der Waals surface area contributed by atoms with Crippen molar-refractivity contribution in [2.45, 2.75) is 6.92 Å². The van der Waals surface area contributed by atoms with E-state index in [2.05, 4.69) is 6.92 Å². The van der Waals surface area contributed by atoms with Crippen LogP contribution >= 0.6 is 22.9 Å². The monoisotopic (exact) mass is 238 g/mol. The number of rotatable bonds is 2. The minimum absolute atomic E-state index is 0.832. The Hall–Kier alpha value is -0.990. The van der Waals surface area contributed by atoms with Gasteiger partial charge in [0.2, 0.25) is 0 Å². The molecule has 0 radical (unpaired) electrons. The van der Waals surface area contributed by atoms with Gasteiger partial charge in [-0.2, -0.15) is 0 Å². The summed E-state index contributed by atoms with van der Waals surface area (Å²) in [7, 11) is 1.67. The maximum Gasteiger partial charge on any atom is 0.118 e. The molecule has 0 amide bonds. The van der Waals surface area contributed by atoms with Crippen LogP contribution in [0.5, 0.6) is 5.75 Å². The standard InChI is InChI=1S/C12H11ClOS/c1-8-7-11(13)15-12(8)9-3-5-10(14-2)6-4-9/h3-7H,1-2H3. The summed E-state index contributed by atoms with van der Waals surface area (Å²) in [6.07, 6.45) is 0. The van der Waals surface area contributed by atoms with Crippen LogP contribution in [0.15, 0.2) is 30.3 Å². The highest BCUT2D eigenvalue weighted by Gasteiger charge is 2.06. The van der Waals surface area contributed by atoms with Crippen LogP contribution in [0.2, 0.25) is 4.34 Å². The number of benzene rings is 1. The van der Waals surface area contributed by atoms with Crippen molar-refractivity contribution in [2.75, 3.05) is 7.11 Å². The zero-order valence-corrected chi connectivity index (χ0v) is 10.2. The quantitative estimate of drug-likeness (QED) is 0.754. The van der Waals surface area contributed by atoms with Gasteiger partial charge in [0, 0.05) is 4.88 Å². The van der Waals surface area contributed by atoms with Crippen molar-refractivity contribution in [2.24, 2.45) is 0 Å². The van der Waals surface area contributed by atoms with Crippen LogP contribution in [0, 0.1) is 6.92 Å². The van der Waals surface area contributed by atoms with Gasteiger partial charge in [0.25, 0.3) is 0 Å². The molecule has 3 heteroatoms. The molecule has 2 aromatic rings. The minimum atomic E-state index is 0.832. The Morgan fingerprint density at radius 3 is 2.33 bits per heavy atom. The van der Waals surface area contributed by atoms with Crippen LogP contribution in [0.3, 0.4) is 0 Å². The number of halogens is 1. The Morgan fingerprint density at radius 2 is 1.87 bits per heavy atom. The average molecular weight is 239 g/mol. The fourth-order valence-corrected chi connectivity index (χ4v) is 2.77. The fourth-order valence-electron chi connectivity index (χ4n) is 1.47. The highest BCUT2D eigenvalue weighted by atomic mass is 35.5. The molecule has 2 rings (SSSR count). The summed E-state index contributed by atoms with van der Waals surface area (Å²) < 4.78 is 5.95. The van der Waals surface area contributed by atoms with E-state index in [0.717, 1.165) is 10.1 Å². The lowest BCUT2D eigenvalue weighted by Gasteiger charge is -2.02. The Kier molecular flexibility index (Phi) is 2.98. The van der Waals surface area contributed by atoms with Crippen LogP contribution in [0.25, 0.3) is 10.4 Å². The van der Waals surface area contributed by atoms with Gasteiger partial charge in [0.1, 0.15) is 5.75 Å². The predicted octanol–water partition coefficient (Wildman–Crippen LogP) is 4.39. The Bertz CT molecular complexity index is 459. The van der Waals surface area contributed by atoms with Gasteiger partial charge < -0.3 is 4.74 Å². The lowest BCUT2D eigenvalue weighted by molar-refractivity contribution is 0.415. The van der Waals surface area contributed by atoms with Crippen LogP contribution in [-0.2, 0) is 0 Å². The first-order valence-corrected chi connectivity index (χ1v) is 5.80. The molecule has 0 bridgehead atoms. The smallest absolute Gasteiger partial charge is 0.118 e. The van der Waals surface area contributed by atoms with Crippen LogP contribution in [-0.4, -0.2) is 7.11 Å². The summed E-state index contributed by atoms with van der Waals surface area (Å²) in [5.74, 6) is 0.874. The molecule has 0 unspecified atom stereocenters. The Morgan fingerprint density at radius 1 is 1.20 bits per heavy atom. The third kappa shape index (κ3) is 2.16. The maximum absolute atomic E-state index is 5.97. The summed E-state index contributed by atoms with van der Waals surface area (Å²) >= 11 is 7.57. The third-order valence-electron chi connectivity index (χ3n) is 2.24. The van der Waals surface area contributed by atoms with E-state index in [1.165, 1.54) is 16.0 Å². The normalized spacial score (nSPS) is 10.3. The summed E-state index contributed by atoms with van der Waals surface area (Å²) in [5, 5.41) is 0. The molecule has 0 N–H and O–H groups in total. The van der Waals surface area contributed by atoms with E-state index in [4.69, 9.17) is 16.3 Å². The van der Waals surface area contributed by atoms with Crippen molar-refractivity contribution in [1.29, 1.82) is 0 Å². The first kappa shape index (κ1) is 10.5. The topological polar surface area (TPSA) is 9.23 Å². The molecule has 1 heterocycles. The molecular formula is C12H11ClOS. The SMILES string of the molecule is COc1ccc(-c2sc(Cl)cc2C)cc1. The number of aryl methyl sites for hydroxylation is 1. The molecule has 0 atom stereocenters. The van der Waals surface area contributed by atoms with E-state index in [1.54, 1.807) is 18.4 Å². The summed E-state index contributed by atoms with van der Waals surface area (Å²) in [6.45, 7) is 2.07. The molecule has 0 spiro atoms. The van der Waals surface area contributed by atoms with Crippen molar-refractivity contribution in [1.82, 2.24) is 0 Å². The zero-order chi connectivity index (χ0) is 10.8. The van der Waals surface area contributed by atoms with E-state index in [9.17, 15) is 0 Å². The van der Waals surface area contributed by atoms with Gasteiger partial charge in [0.15, 0.2) is 0 Å². The largest absolute Gasteiger partial charge is 0.497 e. The summed E-state index contributed by atoms with van der Waals surface area (Å²) in [6, 6.07) is 10.0. The second-order valence-electron chi connectivity index (χ2n) is 3.29. The first-order valence-electron chi connectivity index (χ1n) is 4.61. The van der Waals surface area contributed by atoms with E-state index >= 15 is 0 Å². The van der Waals surface area contributed by atoms with E-state index in [0.29, 0.717) is 0 Å². The third-order valence-corrected chi connectivity index (χ3v) is 3.66. The molecule has 0 aliphatic heterocycles. The fraction of sp³-hybridized carbons (Fsp3) is 0.167. The molecule has 0 saturated carbocycles. The van der Waals surface area contributed by atoms with Crippen LogP contribution < -0.4 is 4.74 Å². The van der Waals surface area contributed by atoms with Gasteiger partial charge in [-0.3, -0.25) is 0 Å². The van der Waals surface area contributed by atoms with E-state index in [1.807, 2.05) is 30.3 Å². The van der Waals surface area contributed by atoms with Gasteiger partial charge in [-0.1, -0.05) is 11.6 Å². The molecular weight excluding hydrogens is 228 g/mol. The van der Waals surface area contributed by atoms with Gasteiger partial charge in [0.05, 0.1) is 11.4 Å². The zero-order valence-electron chi connectivity index (χ0n) is 8.58. The van der Waals surface area contributed by atoms with Crippen molar-refractivity contribution in [3.63, 3.8) is 0 Å². The highest BCUT2D eigenvalue weighted by molar-refractivity contribution is 7.19. The van der Waals surface area contributed by atoms with Gasteiger partial charge >= 0.3 is 0 Å². The molecule has 1 nitrogen and oxygen atoms in total. The lowest BCUT2D eigenvalue weighted by atomic mass is 10.1. The minimum Gasteiger partial charge on any atom is -0.497 e. The number of hydrogen-bond acceptors (Lipinski definition) is 2. The van der Waals surface area contributed by atoms with E-state index < -0.39 is 0 Å². The average Bonchev–Trinajstić information content (AvgIpc) is 2.58. The van der Waals surface area contributed by atoms with Gasteiger partial charge in [-0.25, -0.2) is 0 Å². The number of hydrogen-bond donors (Lipinski definition) is 0. The predicted molar refractivity (Wildman–Crippen MR) is 66.1 cm³/mol. The number of methoxy groups -OCH3 is 1. The number of thiophene rings is 1. The Labute approximate surface area is 98.3 Å². The molecule has 1 aromatic heterocycles. The highest BCUT2D eigenvalue weighted by Crippen LogP contribution is 2.35. The molecule has 0 aliphatic carbocycles. The molecule has 0 saturated heterocycles. The van der Waals surface area contributed by atoms with Crippen molar-refractivity contribution in [3.8, 4) is 16.2 Å². The van der Waals surface area contributed by atoms with Crippen molar-refractivity contribution < 1.29 is 4.74 Å². The molecule has 15 heavy (non-hydrogen) atoms. The molecule has 0 fully saturated rings. The van der Waals surface area contributed by atoms with Gasteiger partial charge in [-0.05, 0) is 48.4 Å². The molecule has 1 aromatic carbocycles. The second kappa shape index (κ2) is 4.25. The van der Waals surface area contributed by atoms with Crippen LogP contribution in [0.4, 0.5) is 0 Å². The number of ether oxygens (including phenoxy) is 1. The summed E-state index contributed by atoms with van der Waals surface area (Å²) in [4.78, 5) is 1.22. The Balaban J connectivity index is 2.41. The second-order valence-corrected chi connectivity index (χ2v) is 4.97. The van der Waals surface area contributed by atoms with Crippen LogP contribution in [0.1, 0.15) is 5.56 Å². The lowest BCUT2D eigenvalue weighted by Crippen LogP contribution is -1.82.